The summed E-state index contributed by atoms with van der Waals surface area (Å²) < 4.78 is 34.1. The Morgan fingerprint density at radius 2 is 1.48 bits per heavy atom. The minimum Gasteiger partial charge on any atom is -0.759 e. The number of aromatic amines is 1. The molecule has 0 saturated carbocycles. The van der Waals surface area contributed by atoms with Crippen LogP contribution >= 0.6 is 0 Å². The van der Waals surface area contributed by atoms with Gasteiger partial charge in [0.25, 0.3) is 5.56 Å². The molecule has 0 aliphatic carbocycles. The Labute approximate surface area is 240 Å². The van der Waals surface area contributed by atoms with Crippen molar-refractivity contribution in [1.82, 2.24) is 10.2 Å². The second kappa shape index (κ2) is 12.7. The van der Waals surface area contributed by atoms with E-state index in [1.807, 2.05) is 36.4 Å². The molecule has 2 N–H and O–H groups in total. The summed E-state index contributed by atoms with van der Waals surface area (Å²) in [6.45, 7) is 0. The van der Waals surface area contributed by atoms with E-state index in [9.17, 15) is 9.90 Å². The number of phenolic OH excluding ortho intramolecular Hbond substituents is 1. The first-order chi connectivity index (χ1) is 11.7. The van der Waals surface area contributed by atoms with Crippen LogP contribution in [-0.2, 0) is 10.4 Å². The summed E-state index contributed by atoms with van der Waals surface area (Å²) >= 11 is 0. The van der Waals surface area contributed by atoms with E-state index in [1.165, 1.54) is 0 Å². The topological polar surface area (TPSA) is 146 Å². The van der Waals surface area contributed by atoms with Crippen LogP contribution in [0, 0.1) is 0 Å². The molecule has 130 valence electrons. The molecule has 0 atom stereocenters. The van der Waals surface area contributed by atoms with Crippen molar-refractivity contribution in [3.63, 3.8) is 0 Å². The van der Waals surface area contributed by atoms with Gasteiger partial charge in [-0.25, -0.2) is 5.10 Å². The Morgan fingerprint density at radius 1 is 0.963 bits per heavy atom. The number of hydrogen-bond donors (Lipinski definition) is 2. The molecule has 1 aromatic heterocycles. The SMILES string of the molecule is O=S(=O)([O-])[O-].O=c1[nH]ncc2cc(/C=C/c3ccc(O)cc3)ccc12.[K+].[K+]. The standard InChI is InChI=1S/C16H12N2O2.2K.H2O4S/c19-14-6-3-11(4-7-14)1-2-12-5-8-15-13(9-12)10-17-18-16(15)20;;;1-5(2,3)4/h1-10,19H,(H,18,20);;;(H2,1,2,3,4)/q;2*+1;/p-2/b2-1+;;;. The number of aromatic hydroxyl groups is 1. The number of phenols is 1. The third kappa shape index (κ3) is 10.6. The Kier molecular flexibility index (Phi) is 12.9. The zero-order chi connectivity index (χ0) is 18.4. The van der Waals surface area contributed by atoms with Gasteiger partial charge in [0.05, 0.1) is 11.6 Å². The van der Waals surface area contributed by atoms with Crippen molar-refractivity contribution in [2.45, 2.75) is 0 Å². The zero-order valence-electron chi connectivity index (χ0n) is 14.6. The Hall–Kier alpha value is 0.263. The van der Waals surface area contributed by atoms with Gasteiger partial charge in [-0.15, -0.1) is 0 Å². The van der Waals surface area contributed by atoms with E-state index in [-0.39, 0.29) is 114 Å². The average molecular weight is 439 g/mol. The normalized spacial score (nSPS) is 10.4. The first-order valence-electron chi connectivity index (χ1n) is 6.83. The molecule has 3 aromatic rings. The van der Waals surface area contributed by atoms with Crippen LogP contribution in [0.5, 0.6) is 5.75 Å². The number of aromatic nitrogens is 2. The van der Waals surface area contributed by atoms with Gasteiger partial charge in [0.2, 0.25) is 0 Å². The van der Waals surface area contributed by atoms with E-state index >= 15 is 0 Å². The molecular formula is C16H12K2N2O6S. The van der Waals surface area contributed by atoms with Gasteiger partial charge in [0.15, 0.2) is 0 Å². The van der Waals surface area contributed by atoms with Gasteiger partial charge in [-0.05, 0) is 35.4 Å². The van der Waals surface area contributed by atoms with E-state index in [0.717, 1.165) is 16.5 Å². The van der Waals surface area contributed by atoms with Crippen molar-refractivity contribution in [2.24, 2.45) is 0 Å². The summed E-state index contributed by atoms with van der Waals surface area (Å²) in [6, 6.07) is 12.5. The van der Waals surface area contributed by atoms with Crippen molar-refractivity contribution < 1.29 is 125 Å². The molecule has 11 heteroatoms. The predicted molar refractivity (Wildman–Crippen MR) is 89.9 cm³/mol. The summed E-state index contributed by atoms with van der Waals surface area (Å²) in [6.07, 6.45) is 5.53. The van der Waals surface area contributed by atoms with Gasteiger partial charge in [-0.3, -0.25) is 13.2 Å². The van der Waals surface area contributed by atoms with Crippen LogP contribution in [-0.4, -0.2) is 32.8 Å². The van der Waals surface area contributed by atoms with E-state index in [0.29, 0.717) is 5.39 Å². The van der Waals surface area contributed by atoms with Gasteiger partial charge < -0.3 is 14.2 Å². The molecule has 1 heterocycles. The Morgan fingerprint density at radius 3 is 2.07 bits per heavy atom. The molecule has 27 heavy (non-hydrogen) atoms. The molecule has 0 spiro atoms. The van der Waals surface area contributed by atoms with Gasteiger partial charge in [0.1, 0.15) is 5.75 Å². The number of hydrogen-bond acceptors (Lipinski definition) is 7. The predicted octanol–water partition coefficient (Wildman–Crippen LogP) is -4.53. The van der Waals surface area contributed by atoms with Crippen LogP contribution < -0.4 is 108 Å². The van der Waals surface area contributed by atoms with E-state index < -0.39 is 10.4 Å². The monoisotopic (exact) mass is 438 g/mol. The Bertz CT molecular complexity index is 1060. The molecular weight excluding hydrogens is 426 g/mol. The van der Waals surface area contributed by atoms with Crippen LogP contribution in [0.3, 0.4) is 0 Å². The number of fused-ring (bicyclic) bond motifs is 1. The fraction of sp³-hybridized carbons (Fsp3) is 0. The number of benzene rings is 2. The fourth-order valence-corrected chi connectivity index (χ4v) is 2.00. The van der Waals surface area contributed by atoms with Crippen LogP contribution in [0.15, 0.2) is 53.5 Å². The van der Waals surface area contributed by atoms with E-state index in [2.05, 4.69) is 10.2 Å². The summed E-state index contributed by atoms with van der Waals surface area (Å²) in [5, 5.41) is 16.9. The van der Waals surface area contributed by atoms with E-state index in [4.69, 9.17) is 17.5 Å². The maximum Gasteiger partial charge on any atom is 1.00 e. The number of H-pyrrole nitrogens is 1. The maximum atomic E-state index is 11.5. The summed E-state index contributed by atoms with van der Waals surface area (Å²) in [5.41, 5.74) is 1.79. The van der Waals surface area contributed by atoms with Gasteiger partial charge in [-0.1, -0.05) is 30.4 Å². The minimum atomic E-state index is -5.17. The average Bonchev–Trinajstić information content (AvgIpc) is 2.53. The van der Waals surface area contributed by atoms with Gasteiger partial charge in [0, 0.05) is 15.8 Å². The van der Waals surface area contributed by atoms with Crippen LogP contribution in [0.4, 0.5) is 0 Å². The number of rotatable bonds is 2. The van der Waals surface area contributed by atoms with Gasteiger partial charge >= 0.3 is 103 Å². The second-order valence-corrected chi connectivity index (χ2v) is 5.70. The van der Waals surface area contributed by atoms with E-state index in [1.54, 1.807) is 24.4 Å². The largest absolute Gasteiger partial charge is 1.00 e. The number of nitrogens with one attached hydrogen (secondary N) is 1. The van der Waals surface area contributed by atoms with Crippen molar-refractivity contribution >= 4 is 33.3 Å². The zero-order valence-corrected chi connectivity index (χ0v) is 21.7. The third-order valence-corrected chi connectivity index (χ3v) is 3.05. The first-order valence-corrected chi connectivity index (χ1v) is 8.17. The minimum absolute atomic E-state index is 0. The van der Waals surface area contributed by atoms with Crippen molar-refractivity contribution in [2.75, 3.05) is 0 Å². The second-order valence-electron chi connectivity index (χ2n) is 4.88. The Balaban J connectivity index is 0.000000864. The molecule has 0 aliphatic heterocycles. The van der Waals surface area contributed by atoms with Crippen LogP contribution in [0.25, 0.3) is 22.9 Å². The maximum absolute atomic E-state index is 11.5. The van der Waals surface area contributed by atoms with Crippen LogP contribution in [0.2, 0.25) is 0 Å². The first kappa shape index (κ1) is 27.3. The molecule has 0 radical (unpaired) electrons. The smallest absolute Gasteiger partial charge is 0.759 e. The molecule has 2 aromatic carbocycles. The molecule has 0 bridgehead atoms. The summed E-state index contributed by atoms with van der Waals surface area (Å²) in [7, 11) is -5.17. The summed E-state index contributed by atoms with van der Waals surface area (Å²) in [4.78, 5) is 11.5. The van der Waals surface area contributed by atoms with Crippen LogP contribution in [0.1, 0.15) is 11.1 Å². The number of nitrogens with zero attached hydrogens (tertiary/aromatic N) is 1. The fourth-order valence-electron chi connectivity index (χ4n) is 2.00. The molecule has 0 saturated heterocycles. The van der Waals surface area contributed by atoms with Gasteiger partial charge in [-0.2, -0.15) is 5.10 Å². The van der Waals surface area contributed by atoms with Crippen molar-refractivity contribution in [1.29, 1.82) is 0 Å². The molecule has 0 amide bonds. The molecule has 0 fully saturated rings. The van der Waals surface area contributed by atoms with Crippen molar-refractivity contribution in [3.05, 3.63) is 70.1 Å². The molecule has 0 unspecified atom stereocenters. The molecule has 8 nitrogen and oxygen atoms in total. The quantitative estimate of drug-likeness (QED) is 0.177. The third-order valence-electron chi connectivity index (χ3n) is 3.05. The molecule has 0 aliphatic rings. The summed E-state index contributed by atoms with van der Waals surface area (Å²) in [5.74, 6) is 0.248. The van der Waals surface area contributed by atoms with Crippen molar-refractivity contribution in [3.8, 4) is 5.75 Å². The molecule has 3 rings (SSSR count).